The molecule has 19 heavy (non-hydrogen) atoms. The van der Waals surface area contributed by atoms with Crippen molar-refractivity contribution in [1.82, 2.24) is 0 Å². The van der Waals surface area contributed by atoms with Gasteiger partial charge < -0.3 is 11.1 Å². The number of rotatable bonds is 5. The molecular weight excluding hydrogens is 236 g/mol. The largest absolute Gasteiger partial charge is 0.381 e. The van der Waals surface area contributed by atoms with Crippen molar-refractivity contribution >= 4 is 17.7 Å². The lowest BCUT2D eigenvalue weighted by atomic mass is 10.1. The number of benzene rings is 2. The van der Waals surface area contributed by atoms with Gasteiger partial charge >= 0.3 is 0 Å². The van der Waals surface area contributed by atoms with Gasteiger partial charge in [-0.25, -0.2) is 0 Å². The van der Waals surface area contributed by atoms with E-state index in [1.54, 1.807) is 12.1 Å². The number of hydrogen-bond acceptors (Lipinski definition) is 2. The van der Waals surface area contributed by atoms with Crippen LogP contribution >= 0.6 is 0 Å². The zero-order valence-corrected chi connectivity index (χ0v) is 10.5. The monoisotopic (exact) mass is 252 g/mol. The van der Waals surface area contributed by atoms with E-state index in [2.05, 4.69) is 5.32 Å². The molecule has 0 spiro atoms. The van der Waals surface area contributed by atoms with Crippen molar-refractivity contribution in [3.05, 3.63) is 71.8 Å². The Balaban J connectivity index is 1.96. The van der Waals surface area contributed by atoms with Crippen LogP contribution in [0.3, 0.4) is 0 Å². The molecule has 2 aromatic carbocycles. The molecule has 96 valence electrons. The second-order valence-corrected chi connectivity index (χ2v) is 4.10. The molecule has 3 heteroatoms. The van der Waals surface area contributed by atoms with Crippen molar-refractivity contribution in [2.24, 2.45) is 5.73 Å². The van der Waals surface area contributed by atoms with Crippen molar-refractivity contribution < 1.29 is 4.79 Å². The van der Waals surface area contributed by atoms with E-state index in [9.17, 15) is 4.79 Å². The van der Waals surface area contributed by atoms with Crippen LogP contribution in [0.15, 0.2) is 60.7 Å². The van der Waals surface area contributed by atoms with Gasteiger partial charge in [0.05, 0.1) is 5.56 Å². The van der Waals surface area contributed by atoms with Gasteiger partial charge in [0.25, 0.3) is 5.91 Å². The molecule has 0 heterocycles. The molecule has 2 aromatic rings. The molecule has 3 nitrogen and oxygen atoms in total. The standard InChI is InChI=1S/C16H16N2O/c17-16(19)14-10-4-5-11-15(14)18-12-6-9-13-7-2-1-3-8-13/h1-11,18H,12H2,(H2,17,19)/b9-6+. The number of nitrogens with one attached hydrogen (secondary N) is 1. The van der Waals surface area contributed by atoms with Gasteiger partial charge in [-0.3, -0.25) is 4.79 Å². The van der Waals surface area contributed by atoms with Gasteiger partial charge in [-0.1, -0.05) is 54.6 Å². The van der Waals surface area contributed by atoms with E-state index in [0.717, 1.165) is 11.3 Å². The topological polar surface area (TPSA) is 55.1 Å². The van der Waals surface area contributed by atoms with Crippen molar-refractivity contribution in [3.63, 3.8) is 0 Å². The minimum atomic E-state index is -0.421. The Morgan fingerprint density at radius 2 is 1.74 bits per heavy atom. The fourth-order valence-electron chi connectivity index (χ4n) is 1.78. The van der Waals surface area contributed by atoms with Crippen LogP contribution in [0.25, 0.3) is 6.08 Å². The average Bonchev–Trinajstić information content (AvgIpc) is 2.45. The summed E-state index contributed by atoms with van der Waals surface area (Å²) < 4.78 is 0. The third-order valence-corrected chi connectivity index (χ3v) is 2.71. The van der Waals surface area contributed by atoms with Crippen LogP contribution in [0.1, 0.15) is 15.9 Å². The summed E-state index contributed by atoms with van der Waals surface area (Å²) in [6.07, 6.45) is 4.03. The van der Waals surface area contributed by atoms with E-state index in [1.165, 1.54) is 0 Å². The fourth-order valence-corrected chi connectivity index (χ4v) is 1.78. The molecule has 1 amide bonds. The summed E-state index contributed by atoms with van der Waals surface area (Å²) in [7, 11) is 0. The lowest BCUT2D eigenvalue weighted by molar-refractivity contribution is 0.100. The molecule has 0 bridgehead atoms. The average molecular weight is 252 g/mol. The van der Waals surface area contributed by atoms with Crippen molar-refractivity contribution in [3.8, 4) is 0 Å². The molecule has 0 fully saturated rings. The zero-order chi connectivity index (χ0) is 13.5. The Labute approximate surface area is 112 Å². The first-order valence-electron chi connectivity index (χ1n) is 6.11. The van der Waals surface area contributed by atoms with Gasteiger partial charge in [0.1, 0.15) is 0 Å². The molecule has 0 radical (unpaired) electrons. The Bertz CT molecular complexity index is 576. The molecule has 0 atom stereocenters. The maximum absolute atomic E-state index is 11.2. The molecule has 0 aliphatic carbocycles. The molecule has 0 aromatic heterocycles. The lowest BCUT2D eigenvalue weighted by Gasteiger charge is -2.07. The molecule has 0 aliphatic rings. The second-order valence-electron chi connectivity index (χ2n) is 4.10. The third-order valence-electron chi connectivity index (χ3n) is 2.71. The van der Waals surface area contributed by atoms with Crippen LogP contribution in [-0.4, -0.2) is 12.5 Å². The SMILES string of the molecule is NC(=O)c1ccccc1NC/C=C/c1ccccc1. The van der Waals surface area contributed by atoms with E-state index < -0.39 is 5.91 Å². The molecule has 0 unspecified atom stereocenters. The maximum Gasteiger partial charge on any atom is 0.250 e. The summed E-state index contributed by atoms with van der Waals surface area (Å²) in [5.74, 6) is -0.421. The fraction of sp³-hybridized carbons (Fsp3) is 0.0625. The Hall–Kier alpha value is -2.55. The zero-order valence-electron chi connectivity index (χ0n) is 10.5. The van der Waals surface area contributed by atoms with Gasteiger partial charge in [0, 0.05) is 12.2 Å². The highest BCUT2D eigenvalue weighted by Gasteiger charge is 2.04. The normalized spacial score (nSPS) is 10.5. The van der Waals surface area contributed by atoms with Gasteiger partial charge in [-0.05, 0) is 17.7 Å². The number of primary amides is 1. The summed E-state index contributed by atoms with van der Waals surface area (Å²) in [6, 6.07) is 17.3. The van der Waals surface area contributed by atoms with E-state index in [4.69, 9.17) is 5.73 Å². The number of anilines is 1. The second kappa shape index (κ2) is 6.40. The van der Waals surface area contributed by atoms with Crippen LogP contribution in [0.4, 0.5) is 5.69 Å². The molecule has 0 saturated heterocycles. The Morgan fingerprint density at radius 1 is 1.05 bits per heavy atom. The van der Waals surface area contributed by atoms with E-state index in [-0.39, 0.29) is 0 Å². The molecule has 0 aliphatic heterocycles. The number of nitrogens with two attached hydrogens (primary N) is 1. The highest BCUT2D eigenvalue weighted by molar-refractivity contribution is 5.98. The number of carbonyl (C=O) groups excluding carboxylic acids is 1. The van der Waals surface area contributed by atoms with Gasteiger partial charge in [-0.2, -0.15) is 0 Å². The third kappa shape index (κ3) is 3.71. The Kier molecular flexibility index (Phi) is 4.34. The first-order valence-corrected chi connectivity index (χ1v) is 6.11. The minimum absolute atomic E-state index is 0.421. The number of hydrogen-bond donors (Lipinski definition) is 2. The summed E-state index contributed by atoms with van der Waals surface area (Å²) in [5.41, 5.74) is 7.73. The predicted octanol–water partition coefficient (Wildman–Crippen LogP) is 2.91. The van der Waals surface area contributed by atoms with Gasteiger partial charge in [0.15, 0.2) is 0 Å². The summed E-state index contributed by atoms with van der Waals surface area (Å²) >= 11 is 0. The minimum Gasteiger partial charge on any atom is -0.381 e. The quantitative estimate of drug-likeness (QED) is 0.859. The van der Waals surface area contributed by atoms with Crippen LogP contribution in [0.5, 0.6) is 0 Å². The molecule has 2 rings (SSSR count). The van der Waals surface area contributed by atoms with Crippen LogP contribution < -0.4 is 11.1 Å². The first kappa shape index (κ1) is 12.9. The maximum atomic E-state index is 11.2. The van der Waals surface area contributed by atoms with Crippen LogP contribution in [0, 0.1) is 0 Å². The smallest absolute Gasteiger partial charge is 0.250 e. The predicted molar refractivity (Wildman–Crippen MR) is 78.9 cm³/mol. The number of para-hydroxylation sites is 1. The van der Waals surface area contributed by atoms with Crippen molar-refractivity contribution in [1.29, 1.82) is 0 Å². The summed E-state index contributed by atoms with van der Waals surface area (Å²) in [6.45, 7) is 0.638. The molecule has 0 saturated carbocycles. The van der Waals surface area contributed by atoms with Crippen LogP contribution in [-0.2, 0) is 0 Å². The Morgan fingerprint density at radius 3 is 2.47 bits per heavy atom. The van der Waals surface area contributed by atoms with Crippen molar-refractivity contribution in [2.75, 3.05) is 11.9 Å². The summed E-state index contributed by atoms with van der Waals surface area (Å²) in [5, 5.41) is 3.18. The summed E-state index contributed by atoms with van der Waals surface area (Å²) in [4.78, 5) is 11.2. The lowest BCUT2D eigenvalue weighted by Crippen LogP contribution is -2.14. The van der Waals surface area contributed by atoms with E-state index >= 15 is 0 Å². The number of carbonyl (C=O) groups is 1. The van der Waals surface area contributed by atoms with Gasteiger partial charge in [-0.15, -0.1) is 0 Å². The van der Waals surface area contributed by atoms with Gasteiger partial charge in [0.2, 0.25) is 0 Å². The van der Waals surface area contributed by atoms with E-state index in [1.807, 2.05) is 54.6 Å². The number of amides is 1. The van der Waals surface area contributed by atoms with Crippen LogP contribution in [0.2, 0.25) is 0 Å². The highest BCUT2D eigenvalue weighted by Crippen LogP contribution is 2.13. The highest BCUT2D eigenvalue weighted by atomic mass is 16.1. The molecule has 3 N–H and O–H groups in total. The molecular formula is C16H16N2O. The van der Waals surface area contributed by atoms with Crippen molar-refractivity contribution in [2.45, 2.75) is 0 Å². The first-order chi connectivity index (χ1) is 9.27. The van der Waals surface area contributed by atoms with E-state index in [0.29, 0.717) is 12.1 Å².